The van der Waals surface area contributed by atoms with E-state index >= 15 is 0 Å². The molecule has 0 aliphatic carbocycles. The molecule has 0 spiro atoms. The van der Waals surface area contributed by atoms with Crippen molar-refractivity contribution in [2.75, 3.05) is 0 Å². The van der Waals surface area contributed by atoms with Crippen LogP contribution < -0.4 is 0 Å². The van der Waals surface area contributed by atoms with Crippen molar-refractivity contribution in [1.29, 1.82) is 0 Å². The summed E-state index contributed by atoms with van der Waals surface area (Å²) in [6.45, 7) is 0. The van der Waals surface area contributed by atoms with Crippen LogP contribution in [0.2, 0.25) is 0 Å². The van der Waals surface area contributed by atoms with E-state index in [-0.39, 0.29) is 0 Å². The van der Waals surface area contributed by atoms with E-state index in [0.717, 1.165) is 11.1 Å². The first-order valence-electron chi connectivity index (χ1n) is 22.8. The average molecular weight is 837 g/mol. The minimum atomic E-state index is 1.16. The molecule has 12 aromatic rings. The third-order valence-electron chi connectivity index (χ3n) is 13.2. The Morgan fingerprint density at radius 3 is 0.712 bits per heavy atom. The zero-order valence-corrected chi connectivity index (χ0v) is 36.4. The first kappa shape index (κ1) is 39.0. The summed E-state index contributed by atoms with van der Waals surface area (Å²) in [5.41, 5.74) is 17.1. The second kappa shape index (κ2) is 16.8. The van der Waals surface area contributed by atoms with Crippen LogP contribution in [0, 0.1) is 0 Å². The number of rotatable bonds is 8. The van der Waals surface area contributed by atoms with Gasteiger partial charge in [0.1, 0.15) is 0 Å². The molecule has 0 bridgehead atoms. The largest absolute Gasteiger partial charge is 0.0622 e. The van der Waals surface area contributed by atoms with Gasteiger partial charge in [0.25, 0.3) is 0 Å². The molecular formula is C66H44. The minimum Gasteiger partial charge on any atom is -0.0622 e. The molecule has 0 saturated heterocycles. The average Bonchev–Trinajstić information content (AvgIpc) is 3.39. The molecule has 0 atom stereocenters. The highest BCUT2D eigenvalue weighted by Crippen LogP contribution is 2.46. The summed E-state index contributed by atoms with van der Waals surface area (Å²) in [5, 5.41) is 10.1. The second-order valence-electron chi connectivity index (χ2n) is 17.2. The number of benzene rings is 12. The van der Waals surface area contributed by atoms with Crippen LogP contribution in [0.25, 0.3) is 122 Å². The maximum atomic E-state index is 2.36. The quantitative estimate of drug-likeness (QED) is 0.106. The number of hydrogen-bond donors (Lipinski definition) is 0. The van der Waals surface area contributed by atoms with Crippen molar-refractivity contribution in [2.45, 2.75) is 0 Å². The van der Waals surface area contributed by atoms with E-state index in [1.54, 1.807) is 0 Å². The highest BCUT2D eigenvalue weighted by Gasteiger charge is 2.18. The van der Waals surface area contributed by atoms with E-state index in [0.29, 0.717) is 0 Å². The zero-order valence-electron chi connectivity index (χ0n) is 36.4. The molecular weight excluding hydrogens is 793 g/mol. The molecule has 0 unspecified atom stereocenters. The predicted octanol–water partition coefficient (Wildman–Crippen LogP) is 18.5. The second-order valence-corrected chi connectivity index (χ2v) is 17.2. The summed E-state index contributed by atoms with van der Waals surface area (Å²) < 4.78 is 0. The summed E-state index contributed by atoms with van der Waals surface area (Å²) in [6, 6.07) is 93.0. The smallest absolute Gasteiger partial charge is 0.00262 e. The molecule has 66 heavy (non-hydrogen) atoms. The summed E-state index contributed by atoms with van der Waals surface area (Å²) >= 11 is 0. The maximum Gasteiger partial charge on any atom is -0.00262 e. The minimum absolute atomic E-state index is 1.16. The first-order valence-corrected chi connectivity index (χ1v) is 22.8. The van der Waals surface area contributed by atoms with Crippen LogP contribution in [0.5, 0.6) is 0 Å². The topological polar surface area (TPSA) is 0 Å². The van der Waals surface area contributed by atoms with Crippen molar-refractivity contribution in [3.05, 3.63) is 266 Å². The van der Waals surface area contributed by atoms with Gasteiger partial charge in [-0.15, -0.1) is 0 Å². The Labute approximate surface area is 386 Å². The van der Waals surface area contributed by atoms with Gasteiger partial charge in [0.15, 0.2) is 0 Å². The Balaban J connectivity index is 0.873. The van der Waals surface area contributed by atoms with E-state index in [4.69, 9.17) is 0 Å². The van der Waals surface area contributed by atoms with E-state index in [9.17, 15) is 0 Å². The predicted molar refractivity (Wildman–Crippen MR) is 284 cm³/mol. The van der Waals surface area contributed by atoms with Gasteiger partial charge in [0.2, 0.25) is 0 Å². The van der Waals surface area contributed by atoms with Gasteiger partial charge in [-0.3, -0.25) is 0 Å². The van der Waals surface area contributed by atoms with E-state index in [1.165, 1.54) is 110 Å². The van der Waals surface area contributed by atoms with Crippen LogP contribution in [0.4, 0.5) is 0 Å². The highest BCUT2D eigenvalue weighted by molar-refractivity contribution is 6.23. The van der Waals surface area contributed by atoms with Gasteiger partial charge in [0.05, 0.1) is 0 Å². The lowest BCUT2D eigenvalue weighted by atomic mass is 9.85. The van der Waals surface area contributed by atoms with Gasteiger partial charge in [-0.05, 0) is 145 Å². The molecule has 0 saturated carbocycles. The zero-order chi connectivity index (χ0) is 43.8. The van der Waals surface area contributed by atoms with Crippen LogP contribution in [0.3, 0.4) is 0 Å². The molecule has 0 aliphatic rings. The summed E-state index contributed by atoms with van der Waals surface area (Å²) in [4.78, 5) is 0. The van der Waals surface area contributed by atoms with Crippen molar-refractivity contribution >= 4 is 55.2 Å². The summed E-state index contributed by atoms with van der Waals surface area (Å²) in [5.74, 6) is 0. The molecule has 0 nitrogen and oxygen atoms in total. The molecule has 0 heteroatoms. The highest BCUT2D eigenvalue weighted by atomic mass is 14.2. The molecule has 12 aromatic carbocycles. The van der Waals surface area contributed by atoms with E-state index in [2.05, 4.69) is 267 Å². The van der Waals surface area contributed by atoms with Gasteiger partial charge in [-0.25, -0.2) is 0 Å². The summed E-state index contributed by atoms with van der Waals surface area (Å²) in [7, 11) is 0. The van der Waals surface area contributed by atoms with Crippen molar-refractivity contribution in [1.82, 2.24) is 0 Å². The lowest BCUT2D eigenvalue weighted by Crippen LogP contribution is -1.91. The molecule has 0 heterocycles. The van der Waals surface area contributed by atoms with Gasteiger partial charge >= 0.3 is 0 Å². The van der Waals surface area contributed by atoms with Crippen LogP contribution in [0.15, 0.2) is 255 Å². The summed E-state index contributed by atoms with van der Waals surface area (Å²) in [6.07, 6.45) is 4.47. The first-order chi connectivity index (χ1) is 32.7. The third kappa shape index (κ3) is 7.06. The van der Waals surface area contributed by atoms with Gasteiger partial charge in [0, 0.05) is 0 Å². The molecule has 0 radical (unpaired) electrons. The molecule has 308 valence electrons. The molecule has 0 aromatic heterocycles. The Bertz CT molecular complexity index is 3430. The molecule has 12 rings (SSSR count). The van der Waals surface area contributed by atoms with Gasteiger partial charge in [-0.2, -0.15) is 0 Å². The normalized spacial score (nSPS) is 11.6. The molecule has 0 amide bonds. The third-order valence-corrected chi connectivity index (χ3v) is 13.2. The Kier molecular flexibility index (Phi) is 9.97. The fourth-order valence-electron chi connectivity index (χ4n) is 10.3. The van der Waals surface area contributed by atoms with Crippen molar-refractivity contribution in [2.24, 2.45) is 0 Å². The van der Waals surface area contributed by atoms with E-state index < -0.39 is 0 Å². The van der Waals surface area contributed by atoms with Crippen LogP contribution in [-0.4, -0.2) is 0 Å². The number of fused-ring (bicyclic) bond motifs is 4. The Morgan fingerprint density at radius 1 is 0.167 bits per heavy atom. The van der Waals surface area contributed by atoms with Crippen molar-refractivity contribution in [3.8, 4) is 66.8 Å². The molecule has 0 aliphatic heterocycles. The standard InChI is InChI=1S/C66H44/c1-3-21-47(22-4-1)63-55-31-7-11-35-59(55)65(60-36-12-8-32-56(60)63)53-29-17-27-51(43-53)49-25-15-19-45(41-49)39-40-46-20-16-26-50(42-46)52-28-18-30-54(44-52)66-61-37-13-9-33-57(61)64(48-23-5-2-6-24-48)58-34-10-14-38-62(58)66/h1-44H. The number of hydrogen-bond acceptors (Lipinski definition) is 0. The monoisotopic (exact) mass is 836 g/mol. The van der Waals surface area contributed by atoms with Crippen LogP contribution in [-0.2, 0) is 0 Å². The lowest BCUT2D eigenvalue weighted by molar-refractivity contribution is 1.58. The fourth-order valence-corrected chi connectivity index (χ4v) is 10.3. The SMILES string of the molecule is C(=Cc1cccc(-c2cccc(-c3c4ccccc4c(-c4ccccc4)c4ccccc34)c2)c1)c1cccc(-c2cccc(-c3c4ccccc4c(-c4ccccc4)c4ccccc34)c2)c1. The maximum absolute atomic E-state index is 2.36. The fraction of sp³-hybridized carbons (Fsp3) is 0. The van der Waals surface area contributed by atoms with Gasteiger partial charge < -0.3 is 0 Å². The Morgan fingerprint density at radius 2 is 0.394 bits per heavy atom. The van der Waals surface area contributed by atoms with Crippen molar-refractivity contribution < 1.29 is 0 Å². The van der Waals surface area contributed by atoms with Crippen LogP contribution in [0.1, 0.15) is 11.1 Å². The molecule has 0 N–H and O–H groups in total. The van der Waals surface area contributed by atoms with Crippen LogP contribution >= 0.6 is 0 Å². The van der Waals surface area contributed by atoms with Gasteiger partial charge in [-0.1, -0.05) is 243 Å². The Hall–Kier alpha value is -8.58. The molecule has 0 fully saturated rings. The lowest BCUT2D eigenvalue weighted by Gasteiger charge is -2.18. The van der Waals surface area contributed by atoms with E-state index in [1.807, 2.05) is 0 Å². The van der Waals surface area contributed by atoms with Crippen molar-refractivity contribution in [3.63, 3.8) is 0 Å².